The van der Waals surface area contributed by atoms with Crippen molar-refractivity contribution < 1.29 is 4.74 Å². The lowest BCUT2D eigenvalue weighted by Crippen LogP contribution is -2.03. The maximum Gasteiger partial charge on any atom is 0.151 e. The molecule has 18 heavy (non-hydrogen) atoms. The van der Waals surface area contributed by atoms with Gasteiger partial charge in [0.05, 0.1) is 34.6 Å². The molecular weight excluding hydrogens is 226 g/mol. The van der Waals surface area contributed by atoms with Crippen LogP contribution in [0, 0.1) is 22.7 Å². The molecule has 84 valence electrons. The van der Waals surface area contributed by atoms with Crippen LogP contribution in [0.2, 0.25) is 0 Å². The van der Waals surface area contributed by atoms with Gasteiger partial charge in [0.1, 0.15) is 0 Å². The molecular formula is C14H7N3O. The van der Waals surface area contributed by atoms with E-state index in [1.807, 2.05) is 0 Å². The average Bonchev–Trinajstić information content (AvgIpc) is 2.43. The van der Waals surface area contributed by atoms with Gasteiger partial charge in [0.2, 0.25) is 0 Å². The number of fused-ring (bicyclic) bond motifs is 2. The Morgan fingerprint density at radius 3 is 1.78 bits per heavy atom. The summed E-state index contributed by atoms with van der Waals surface area (Å²) in [5, 5.41) is 20.9. The molecule has 0 radical (unpaired) electrons. The van der Waals surface area contributed by atoms with E-state index in [1.165, 1.54) is 0 Å². The van der Waals surface area contributed by atoms with Crippen LogP contribution in [-0.2, 0) is 0 Å². The van der Waals surface area contributed by atoms with E-state index < -0.39 is 0 Å². The van der Waals surface area contributed by atoms with Crippen molar-refractivity contribution in [2.24, 2.45) is 0 Å². The highest BCUT2D eigenvalue weighted by atomic mass is 16.5. The number of rotatable bonds is 0. The molecule has 0 saturated heterocycles. The van der Waals surface area contributed by atoms with Crippen LogP contribution in [0.3, 0.4) is 0 Å². The summed E-state index contributed by atoms with van der Waals surface area (Å²) in [7, 11) is 0. The zero-order chi connectivity index (χ0) is 12.5. The third-order valence-corrected chi connectivity index (χ3v) is 2.71. The van der Waals surface area contributed by atoms with Crippen molar-refractivity contribution in [2.75, 3.05) is 5.32 Å². The van der Waals surface area contributed by atoms with Crippen LogP contribution in [0.25, 0.3) is 0 Å². The van der Waals surface area contributed by atoms with Gasteiger partial charge in [-0.1, -0.05) is 0 Å². The Hall–Kier alpha value is -2.98. The molecule has 4 nitrogen and oxygen atoms in total. The number of ether oxygens (including phenoxy) is 1. The van der Waals surface area contributed by atoms with Crippen molar-refractivity contribution >= 4 is 11.4 Å². The summed E-state index contributed by atoms with van der Waals surface area (Å²) in [5.74, 6) is 1.34. The molecule has 0 atom stereocenters. The predicted molar refractivity (Wildman–Crippen MR) is 65.7 cm³/mol. The normalized spacial score (nSPS) is 11.0. The summed E-state index contributed by atoms with van der Waals surface area (Å²) < 4.78 is 5.70. The molecule has 0 amide bonds. The molecule has 0 fully saturated rings. The van der Waals surface area contributed by atoms with Crippen molar-refractivity contribution in [3.8, 4) is 23.6 Å². The van der Waals surface area contributed by atoms with Crippen LogP contribution in [0.1, 0.15) is 11.1 Å². The SMILES string of the molecule is N#Cc1ccc2c(c1)Nc1cc(C#N)ccc1O2. The Balaban J connectivity index is 2.07. The maximum absolute atomic E-state index is 8.85. The Bertz CT molecular complexity index is 661. The second kappa shape index (κ2) is 3.80. The molecule has 0 unspecified atom stereocenters. The molecule has 2 aromatic carbocycles. The first-order chi connectivity index (χ1) is 8.80. The predicted octanol–water partition coefficient (Wildman–Crippen LogP) is 3.28. The topological polar surface area (TPSA) is 68.8 Å². The van der Waals surface area contributed by atoms with Crippen molar-refractivity contribution in [1.82, 2.24) is 0 Å². The van der Waals surface area contributed by atoms with Crippen molar-refractivity contribution in [1.29, 1.82) is 10.5 Å². The minimum Gasteiger partial charge on any atom is -0.453 e. The van der Waals surface area contributed by atoms with Crippen LogP contribution in [-0.4, -0.2) is 0 Å². The first-order valence-corrected chi connectivity index (χ1v) is 5.33. The van der Waals surface area contributed by atoms with Gasteiger partial charge in [-0.05, 0) is 36.4 Å². The molecule has 2 aromatic rings. The molecule has 1 N–H and O–H groups in total. The number of benzene rings is 2. The fourth-order valence-corrected chi connectivity index (χ4v) is 1.84. The fourth-order valence-electron chi connectivity index (χ4n) is 1.84. The lowest BCUT2D eigenvalue weighted by molar-refractivity contribution is 0.481. The number of hydrogen-bond donors (Lipinski definition) is 1. The third-order valence-electron chi connectivity index (χ3n) is 2.71. The average molecular weight is 233 g/mol. The molecule has 0 bridgehead atoms. The van der Waals surface area contributed by atoms with Crippen LogP contribution in [0.5, 0.6) is 11.5 Å². The van der Waals surface area contributed by atoms with Crippen molar-refractivity contribution in [3.05, 3.63) is 47.5 Å². The number of nitrogens with zero attached hydrogens (tertiary/aromatic N) is 2. The zero-order valence-electron chi connectivity index (χ0n) is 9.27. The molecule has 0 saturated carbocycles. The van der Waals surface area contributed by atoms with Gasteiger partial charge in [0.25, 0.3) is 0 Å². The Morgan fingerprint density at radius 2 is 1.33 bits per heavy atom. The smallest absolute Gasteiger partial charge is 0.151 e. The van der Waals surface area contributed by atoms with Gasteiger partial charge < -0.3 is 10.1 Å². The van der Waals surface area contributed by atoms with Crippen LogP contribution in [0.4, 0.5) is 11.4 Å². The van der Waals surface area contributed by atoms with Gasteiger partial charge in [-0.25, -0.2) is 0 Å². The van der Waals surface area contributed by atoms with E-state index in [9.17, 15) is 0 Å². The summed E-state index contributed by atoms with van der Waals surface area (Å²) in [4.78, 5) is 0. The quantitative estimate of drug-likeness (QED) is 0.646. The van der Waals surface area contributed by atoms with E-state index in [0.29, 0.717) is 22.6 Å². The minimum absolute atomic E-state index is 0.560. The van der Waals surface area contributed by atoms with Crippen molar-refractivity contribution in [2.45, 2.75) is 0 Å². The highest BCUT2D eigenvalue weighted by Crippen LogP contribution is 2.42. The summed E-state index contributed by atoms with van der Waals surface area (Å²) in [5.41, 5.74) is 2.59. The highest BCUT2D eigenvalue weighted by molar-refractivity contribution is 5.77. The van der Waals surface area contributed by atoms with Gasteiger partial charge in [0, 0.05) is 0 Å². The molecule has 1 aliphatic heterocycles. The van der Waals surface area contributed by atoms with Crippen molar-refractivity contribution in [3.63, 3.8) is 0 Å². The largest absolute Gasteiger partial charge is 0.453 e. The number of nitriles is 2. The third kappa shape index (κ3) is 1.53. The fraction of sp³-hybridized carbons (Fsp3) is 0. The lowest BCUT2D eigenvalue weighted by Gasteiger charge is -2.21. The van der Waals surface area contributed by atoms with Gasteiger partial charge in [0.15, 0.2) is 11.5 Å². The standard InChI is InChI=1S/C14H7N3O/c15-7-9-1-3-13-11(5-9)17-12-6-10(8-16)2-4-14(12)18-13/h1-6,17H. The van der Waals surface area contributed by atoms with Gasteiger partial charge in [-0.15, -0.1) is 0 Å². The van der Waals surface area contributed by atoms with Gasteiger partial charge in [-0.3, -0.25) is 0 Å². The molecule has 4 heteroatoms. The molecule has 1 heterocycles. The summed E-state index contributed by atoms with van der Waals surface area (Å²) in [6.45, 7) is 0. The monoisotopic (exact) mass is 233 g/mol. The number of hydrogen-bond acceptors (Lipinski definition) is 4. The molecule has 0 spiro atoms. The second-order valence-corrected chi connectivity index (χ2v) is 3.87. The van der Waals surface area contributed by atoms with Gasteiger partial charge >= 0.3 is 0 Å². The Labute approximate surface area is 104 Å². The Kier molecular flexibility index (Phi) is 2.15. The first-order valence-electron chi connectivity index (χ1n) is 5.33. The zero-order valence-corrected chi connectivity index (χ0v) is 9.27. The van der Waals surface area contributed by atoms with Crippen LogP contribution >= 0.6 is 0 Å². The Morgan fingerprint density at radius 1 is 0.833 bits per heavy atom. The van der Waals surface area contributed by atoms with E-state index in [1.54, 1.807) is 36.4 Å². The maximum atomic E-state index is 8.85. The molecule has 1 aliphatic rings. The first kappa shape index (κ1) is 10.2. The van der Waals surface area contributed by atoms with E-state index >= 15 is 0 Å². The molecule has 0 aliphatic carbocycles. The second-order valence-electron chi connectivity index (χ2n) is 3.87. The van der Waals surface area contributed by atoms with E-state index in [-0.39, 0.29) is 0 Å². The van der Waals surface area contributed by atoms with E-state index in [0.717, 1.165) is 11.4 Å². The van der Waals surface area contributed by atoms with E-state index in [4.69, 9.17) is 15.3 Å². The van der Waals surface area contributed by atoms with Crippen LogP contribution in [0.15, 0.2) is 36.4 Å². The summed E-state index contributed by atoms with van der Waals surface area (Å²) in [6.07, 6.45) is 0. The number of anilines is 2. The summed E-state index contributed by atoms with van der Waals surface area (Å²) >= 11 is 0. The molecule has 3 rings (SSSR count). The van der Waals surface area contributed by atoms with E-state index in [2.05, 4.69) is 17.5 Å². The minimum atomic E-state index is 0.560. The highest BCUT2D eigenvalue weighted by Gasteiger charge is 2.16. The lowest BCUT2D eigenvalue weighted by atomic mass is 10.1. The number of nitrogens with one attached hydrogen (secondary N) is 1. The summed E-state index contributed by atoms with van der Waals surface area (Å²) in [6, 6.07) is 14.5. The van der Waals surface area contributed by atoms with Crippen LogP contribution < -0.4 is 10.1 Å². The van der Waals surface area contributed by atoms with Gasteiger partial charge in [-0.2, -0.15) is 10.5 Å². The molecule has 0 aromatic heterocycles.